The Bertz CT molecular complexity index is 2640. The van der Waals surface area contributed by atoms with E-state index in [0.717, 1.165) is 87.3 Å². The fourth-order valence-electron chi connectivity index (χ4n) is 8.58. The Hall–Kier alpha value is -5.91. The van der Waals surface area contributed by atoms with Gasteiger partial charge in [0.05, 0.1) is 6.54 Å². The van der Waals surface area contributed by atoms with Gasteiger partial charge in [0.2, 0.25) is 11.3 Å². The molecule has 1 aliphatic heterocycles. The number of hydrogen-bond acceptors (Lipinski definition) is 7. The highest BCUT2D eigenvalue weighted by atomic mass is 19.4. The van der Waals surface area contributed by atoms with Gasteiger partial charge in [0.15, 0.2) is 0 Å². The molecule has 2 heterocycles. The number of carbonyl (C=O) groups is 2. The van der Waals surface area contributed by atoms with Crippen molar-refractivity contribution in [1.82, 2.24) is 14.9 Å². The molecule has 10 nitrogen and oxygen atoms in total. The molecule has 5 aromatic rings. The maximum atomic E-state index is 12.8. The van der Waals surface area contributed by atoms with Gasteiger partial charge in [0, 0.05) is 91.4 Å². The predicted octanol–water partition coefficient (Wildman–Crippen LogP) is 7.56. The SMILES string of the molecule is CC(F)(F)F.CN(C)c1ccc2c(c1)C(C)(C)c1cc3c(cc1=C2)CCC[N+]=3CCCC(=O)CCCCCCCNCC(=O)Nc1ccc2[nH]c(=O)c3ccccc3c2c1.O=C=O. The van der Waals surface area contributed by atoms with Gasteiger partial charge >= 0.3 is 12.3 Å². The topological polar surface area (TPSA) is 131 Å². The summed E-state index contributed by atoms with van der Waals surface area (Å²) in [5.41, 5.74) is 8.00. The summed E-state index contributed by atoms with van der Waals surface area (Å²) in [5, 5.41) is 11.3. The van der Waals surface area contributed by atoms with Crippen LogP contribution in [-0.2, 0) is 31.0 Å². The smallest absolute Gasteiger partial charge is 0.378 e. The summed E-state index contributed by atoms with van der Waals surface area (Å²) < 4.78 is 33.6. The van der Waals surface area contributed by atoms with Crippen molar-refractivity contribution in [1.29, 1.82) is 0 Å². The number of aromatic nitrogens is 1. The lowest BCUT2D eigenvalue weighted by Gasteiger charge is -2.33. The number of aryl methyl sites for hydroxylation is 1. The van der Waals surface area contributed by atoms with Gasteiger partial charge in [-0.2, -0.15) is 22.8 Å². The average molecular weight is 867 g/mol. The second-order valence-corrected chi connectivity index (χ2v) is 17.1. The van der Waals surface area contributed by atoms with E-state index in [0.29, 0.717) is 29.7 Å². The van der Waals surface area contributed by atoms with E-state index in [1.54, 1.807) is 0 Å². The molecule has 0 fully saturated rings. The van der Waals surface area contributed by atoms with E-state index in [-0.39, 0.29) is 36.5 Å². The number of alkyl halides is 3. The summed E-state index contributed by atoms with van der Waals surface area (Å²) >= 11 is 0. The molecule has 4 aromatic carbocycles. The number of H-pyrrole nitrogens is 1. The number of rotatable bonds is 16. The van der Waals surface area contributed by atoms with Crippen LogP contribution in [0.3, 0.4) is 0 Å². The Morgan fingerprint density at radius 1 is 0.857 bits per heavy atom. The molecule has 1 aromatic heterocycles. The van der Waals surface area contributed by atoms with Crippen molar-refractivity contribution in [2.75, 3.05) is 50.5 Å². The fraction of sp³-hybridized carbons (Fsp3) is 0.420. The number of ketones is 1. The third-order valence-electron chi connectivity index (χ3n) is 11.7. The van der Waals surface area contributed by atoms with E-state index in [2.05, 4.69) is 89.4 Å². The molecule has 0 saturated heterocycles. The Morgan fingerprint density at radius 3 is 2.27 bits per heavy atom. The Labute approximate surface area is 366 Å². The number of hydrogen-bond donors (Lipinski definition) is 3. The number of Topliss-reactive ketones (excluding diaryl/α,β-unsaturated/α-hetero) is 1. The first-order chi connectivity index (χ1) is 30.0. The van der Waals surface area contributed by atoms with Crippen LogP contribution in [0.4, 0.5) is 24.5 Å². The van der Waals surface area contributed by atoms with E-state index in [9.17, 15) is 27.6 Å². The second-order valence-electron chi connectivity index (χ2n) is 17.1. The number of unbranched alkanes of at least 4 members (excludes halogenated alkanes) is 4. The van der Waals surface area contributed by atoms with Gasteiger partial charge in [0.25, 0.3) is 5.56 Å². The molecule has 334 valence electrons. The molecular weight excluding hydrogens is 808 g/mol. The quantitative estimate of drug-likeness (QED) is 0.0531. The third kappa shape index (κ3) is 13.3. The minimum Gasteiger partial charge on any atom is -0.378 e. The Kier molecular flexibility index (Phi) is 16.8. The first-order valence-corrected chi connectivity index (χ1v) is 21.7. The van der Waals surface area contributed by atoms with Crippen molar-refractivity contribution in [2.45, 2.75) is 96.6 Å². The van der Waals surface area contributed by atoms with Gasteiger partial charge in [-0.25, -0.2) is 4.58 Å². The molecule has 2 aliphatic rings. The normalized spacial score (nSPS) is 13.5. The van der Waals surface area contributed by atoms with E-state index >= 15 is 0 Å². The van der Waals surface area contributed by atoms with Crippen LogP contribution < -0.4 is 36.2 Å². The van der Waals surface area contributed by atoms with Crippen molar-refractivity contribution < 1.29 is 32.3 Å². The van der Waals surface area contributed by atoms with Crippen molar-refractivity contribution in [3.8, 4) is 0 Å². The highest BCUT2D eigenvalue weighted by Gasteiger charge is 2.32. The number of nitrogens with one attached hydrogen (secondary N) is 3. The highest BCUT2D eigenvalue weighted by molar-refractivity contribution is 6.07. The van der Waals surface area contributed by atoms with Crippen molar-refractivity contribution >= 4 is 57.0 Å². The van der Waals surface area contributed by atoms with E-state index in [1.807, 2.05) is 42.5 Å². The number of benzene rings is 4. The maximum absolute atomic E-state index is 12.8. The molecule has 0 unspecified atom stereocenters. The van der Waals surface area contributed by atoms with Crippen LogP contribution in [0.25, 0.3) is 27.8 Å². The maximum Gasteiger partial charge on any atom is 0.386 e. The van der Waals surface area contributed by atoms with Crippen LogP contribution in [0.2, 0.25) is 0 Å². The van der Waals surface area contributed by atoms with Crippen molar-refractivity contribution in [3.05, 3.63) is 116 Å². The fourth-order valence-corrected chi connectivity index (χ4v) is 8.58. The molecule has 0 atom stereocenters. The highest BCUT2D eigenvalue weighted by Crippen LogP contribution is 2.37. The minimum absolute atomic E-state index is 0.0894. The third-order valence-corrected chi connectivity index (χ3v) is 11.7. The van der Waals surface area contributed by atoms with Gasteiger partial charge in [-0.3, -0.25) is 14.4 Å². The van der Waals surface area contributed by atoms with Crippen LogP contribution in [0, 0.1) is 0 Å². The van der Waals surface area contributed by atoms with Gasteiger partial charge in [-0.05, 0) is 102 Å². The first-order valence-electron chi connectivity index (χ1n) is 21.7. The van der Waals surface area contributed by atoms with Crippen LogP contribution in [-0.4, -0.2) is 69.3 Å². The molecule has 7 rings (SSSR count). The van der Waals surface area contributed by atoms with Crippen LogP contribution >= 0.6 is 0 Å². The average Bonchev–Trinajstić information content (AvgIpc) is 3.22. The van der Waals surface area contributed by atoms with Gasteiger partial charge in [0.1, 0.15) is 18.9 Å². The standard InChI is InChI=1S/C47H55N5O3.C2H3F3.CO2/c1-47(2)41-29-36(51(3)4)21-19-32(41)26-34-27-33-14-12-24-52(44(33)30-42(34)47)25-13-16-37(53)15-8-6-5-7-11-23-48-31-45(54)49-35-20-22-43-40(28-35)38-17-9-10-18-39(38)46(55)50-43;1-2(3,4)5;2-1-3/h9-10,17-22,26-30,48H,5-8,11-16,23-25,31H2,1-4H3,(H-,49,50,54,55);1H3;/p+1. The molecular formula is C50H59F3N5O5+. The minimum atomic E-state index is -4.00. The molecule has 0 spiro atoms. The number of aromatic amines is 1. The lowest BCUT2D eigenvalue weighted by molar-refractivity contribution is -0.191. The predicted molar refractivity (Wildman–Crippen MR) is 244 cm³/mol. The Morgan fingerprint density at radius 2 is 1.54 bits per heavy atom. The van der Waals surface area contributed by atoms with Crippen LogP contribution in [0.5, 0.6) is 0 Å². The summed E-state index contributed by atoms with van der Waals surface area (Å²) in [4.78, 5) is 59.1. The Balaban J connectivity index is 0.000000863. The molecule has 63 heavy (non-hydrogen) atoms. The number of carbonyl (C=O) groups excluding carboxylic acids is 4. The molecule has 13 heteroatoms. The summed E-state index contributed by atoms with van der Waals surface area (Å²) in [5.74, 6) is 0.287. The number of anilines is 2. The summed E-state index contributed by atoms with van der Waals surface area (Å²) in [6.45, 7) is 7.90. The monoisotopic (exact) mass is 866 g/mol. The van der Waals surface area contributed by atoms with Crippen LogP contribution in [0.15, 0.2) is 77.6 Å². The number of halogens is 3. The first kappa shape index (κ1) is 48.1. The molecule has 0 radical (unpaired) electrons. The molecule has 1 aliphatic carbocycles. The van der Waals surface area contributed by atoms with E-state index < -0.39 is 6.18 Å². The molecule has 3 N–H and O–H groups in total. The van der Waals surface area contributed by atoms with Crippen LogP contribution in [0.1, 0.15) is 101 Å². The second kappa shape index (κ2) is 21.9. The van der Waals surface area contributed by atoms with E-state index in [4.69, 9.17) is 9.59 Å². The molecule has 1 amide bonds. The summed E-state index contributed by atoms with van der Waals surface area (Å²) in [6, 6.07) is 24.8. The number of amides is 1. The zero-order chi connectivity index (χ0) is 45.7. The van der Waals surface area contributed by atoms with Gasteiger partial charge in [-0.1, -0.05) is 57.4 Å². The number of nitrogens with zero attached hydrogens (tertiary/aromatic N) is 2. The van der Waals surface area contributed by atoms with Crippen molar-refractivity contribution in [2.24, 2.45) is 0 Å². The lowest BCUT2D eigenvalue weighted by atomic mass is 9.71. The number of fused-ring (bicyclic) bond motifs is 6. The summed E-state index contributed by atoms with van der Waals surface area (Å²) in [7, 11) is 4.20. The largest absolute Gasteiger partial charge is 0.386 e. The summed E-state index contributed by atoms with van der Waals surface area (Å²) in [6.07, 6.45) is 8.28. The molecule has 0 saturated carbocycles. The zero-order valence-electron chi connectivity index (χ0n) is 37.0. The van der Waals surface area contributed by atoms with Crippen molar-refractivity contribution in [3.63, 3.8) is 0 Å². The van der Waals surface area contributed by atoms with E-state index in [1.165, 1.54) is 38.5 Å². The number of pyridine rings is 1. The molecule has 0 bridgehead atoms. The zero-order valence-corrected chi connectivity index (χ0v) is 37.0. The van der Waals surface area contributed by atoms with Gasteiger partial charge < -0.3 is 20.5 Å². The lowest BCUT2D eigenvalue weighted by Crippen LogP contribution is -2.42. The van der Waals surface area contributed by atoms with Gasteiger partial charge in [-0.15, -0.1) is 0 Å².